The quantitative estimate of drug-likeness (QED) is 0.0590. The standard InChI is InChI=1S/C40H59FO2S3Si2/c1-8-9-16-19-31(2)42-35-23-21-32(30-34(35)41)36-25-26-39(45-36)40-28-27-38(46-40)37-24-22-33(44-37)20-17-14-12-10-11-13-15-18-29-48(6,7)43-47(3,4)5/h21-28,30-31H,8-20,29H2,1-7H3/t31-/m1/s1. The highest BCUT2D eigenvalue weighted by atomic mass is 32.1. The molecule has 0 N–H and O–H groups in total. The van der Waals surface area contributed by atoms with Crippen molar-refractivity contribution in [1.29, 1.82) is 0 Å². The van der Waals surface area contributed by atoms with Crippen LogP contribution in [0.25, 0.3) is 29.9 Å². The number of benzene rings is 1. The van der Waals surface area contributed by atoms with Crippen LogP contribution in [0.1, 0.15) is 95.8 Å². The summed E-state index contributed by atoms with van der Waals surface area (Å²) >= 11 is 5.52. The van der Waals surface area contributed by atoms with Gasteiger partial charge in [0.1, 0.15) is 0 Å². The van der Waals surface area contributed by atoms with Gasteiger partial charge in [0.15, 0.2) is 28.2 Å². The summed E-state index contributed by atoms with van der Waals surface area (Å²) in [4.78, 5) is 7.76. The van der Waals surface area contributed by atoms with Crippen LogP contribution in [0.15, 0.2) is 54.6 Å². The normalized spacial score (nSPS) is 12.9. The Morgan fingerprint density at radius 3 is 1.83 bits per heavy atom. The van der Waals surface area contributed by atoms with Crippen LogP contribution in [0.4, 0.5) is 4.39 Å². The molecule has 48 heavy (non-hydrogen) atoms. The summed E-state index contributed by atoms with van der Waals surface area (Å²) in [7, 11) is -2.87. The van der Waals surface area contributed by atoms with E-state index in [2.05, 4.69) is 76.1 Å². The minimum Gasteiger partial charge on any atom is -0.488 e. The van der Waals surface area contributed by atoms with E-state index >= 15 is 0 Å². The molecular formula is C40H59FO2S3Si2. The van der Waals surface area contributed by atoms with Crippen LogP contribution in [0.5, 0.6) is 5.75 Å². The smallest absolute Gasteiger partial charge is 0.173 e. The Balaban J connectivity index is 1.16. The number of ether oxygens (including phenoxy) is 1. The summed E-state index contributed by atoms with van der Waals surface area (Å²) in [6.45, 7) is 16.0. The molecule has 0 radical (unpaired) electrons. The molecule has 1 aromatic carbocycles. The summed E-state index contributed by atoms with van der Waals surface area (Å²) in [5.41, 5.74) is 0.902. The fourth-order valence-electron chi connectivity index (χ4n) is 6.37. The van der Waals surface area contributed by atoms with E-state index < -0.39 is 16.6 Å². The van der Waals surface area contributed by atoms with E-state index in [1.165, 1.54) is 101 Å². The van der Waals surface area contributed by atoms with E-state index in [0.29, 0.717) is 5.75 Å². The zero-order chi connectivity index (χ0) is 34.6. The van der Waals surface area contributed by atoms with Crippen molar-refractivity contribution in [1.82, 2.24) is 0 Å². The number of hydrogen-bond donors (Lipinski definition) is 0. The molecule has 8 heteroatoms. The summed E-state index contributed by atoms with van der Waals surface area (Å²) in [5.74, 6) is 0.0657. The Morgan fingerprint density at radius 2 is 1.21 bits per heavy atom. The summed E-state index contributed by atoms with van der Waals surface area (Å²) in [6.07, 6.45) is 16.5. The minimum absolute atomic E-state index is 0.0211. The van der Waals surface area contributed by atoms with Gasteiger partial charge in [0.25, 0.3) is 0 Å². The van der Waals surface area contributed by atoms with Crippen molar-refractivity contribution in [2.45, 2.75) is 142 Å². The zero-order valence-corrected chi connectivity index (χ0v) is 35.0. The molecule has 0 saturated carbocycles. The Morgan fingerprint density at radius 1 is 0.646 bits per heavy atom. The Hall–Kier alpha value is -1.56. The molecular weight excluding hydrogens is 684 g/mol. The fraction of sp³-hybridized carbons (Fsp3) is 0.550. The van der Waals surface area contributed by atoms with Gasteiger partial charge in [-0.15, -0.1) is 34.0 Å². The second-order valence-corrected chi connectivity index (χ2v) is 27.4. The van der Waals surface area contributed by atoms with Gasteiger partial charge in [0, 0.05) is 29.3 Å². The van der Waals surface area contributed by atoms with E-state index in [9.17, 15) is 4.39 Å². The molecule has 0 unspecified atom stereocenters. The molecule has 4 aromatic rings. The van der Waals surface area contributed by atoms with Crippen LogP contribution >= 0.6 is 34.0 Å². The van der Waals surface area contributed by atoms with Crippen molar-refractivity contribution < 1.29 is 13.2 Å². The van der Waals surface area contributed by atoms with Crippen LogP contribution in [0, 0.1) is 5.82 Å². The second kappa shape index (κ2) is 19.2. The molecule has 0 aliphatic rings. The average Bonchev–Trinajstić information content (AvgIpc) is 3.79. The molecule has 3 heterocycles. The minimum atomic E-state index is -1.46. The lowest BCUT2D eigenvalue weighted by atomic mass is 10.1. The lowest BCUT2D eigenvalue weighted by Gasteiger charge is -2.31. The number of aryl methyl sites for hydroxylation is 1. The van der Waals surface area contributed by atoms with Gasteiger partial charge in [-0.25, -0.2) is 4.39 Å². The highest BCUT2D eigenvalue weighted by Gasteiger charge is 2.28. The summed E-state index contributed by atoms with van der Waals surface area (Å²) < 4.78 is 27.3. The zero-order valence-electron chi connectivity index (χ0n) is 30.6. The van der Waals surface area contributed by atoms with Crippen LogP contribution in [0.2, 0.25) is 38.8 Å². The highest BCUT2D eigenvalue weighted by molar-refractivity contribution is 7.27. The van der Waals surface area contributed by atoms with Crippen LogP contribution < -0.4 is 4.74 Å². The van der Waals surface area contributed by atoms with E-state index in [4.69, 9.17) is 8.85 Å². The first kappa shape index (κ1) is 39.2. The molecule has 0 fully saturated rings. The Kier molecular flexibility index (Phi) is 15.7. The predicted octanol–water partition coefficient (Wildman–Crippen LogP) is 15.1. The maximum atomic E-state index is 14.9. The number of rotatable bonds is 22. The van der Waals surface area contributed by atoms with Gasteiger partial charge in [0.2, 0.25) is 0 Å². The van der Waals surface area contributed by atoms with Crippen LogP contribution in [0.3, 0.4) is 0 Å². The molecule has 1 atom stereocenters. The molecule has 264 valence electrons. The number of thiophene rings is 3. The second-order valence-electron chi connectivity index (χ2n) is 15.0. The van der Waals surface area contributed by atoms with Gasteiger partial charge in [-0.3, -0.25) is 0 Å². The predicted molar refractivity (Wildman–Crippen MR) is 218 cm³/mol. The molecule has 0 amide bonds. The molecule has 0 saturated heterocycles. The van der Waals surface area contributed by atoms with Crippen molar-refractivity contribution >= 4 is 50.6 Å². The van der Waals surface area contributed by atoms with Crippen LogP contribution in [-0.2, 0) is 10.5 Å². The van der Waals surface area contributed by atoms with Crippen LogP contribution in [-0.4, -0.2) is 22.7 Å². The molecule has 4 rings (SSSR count). The van der Waals surface area contributed by atoms with Crippen molar-refractivity contribution in [2.75, 3.05) is 0 Å². The molecule has 0 bridgehead atoms. The van der Waals surface area contributed by atoms with Crippen molar-refractivity contribution in [3.63, 3.8) is 0 Å². The molecule has 0 spiro atoms. The molecule has 3 aromatic heterocycles. The maximum absolute atomic E-state index is 14.9. The van der Waals surface area contributed by atoms with Gasteiger partial charge in [-0.1, -0.05) is 64.7 Å². The van der Waals surface area contributed by atoms with E-state index in [-0.39, 0.29) is 11.9 Å². The molecule has 2 nitrogen and oxygen atoms in total. The molecule has 0 aliphatic heterocycles. The number of hydrogen-bond acceptors (Lipinski definition) is 5. The fourth-order valence-corrected chi connectivity index (χ4v) is 17.7. The molecule has 0 aliphatic carbocycles. The van der Waals surface area contributed by atoms with Crippen molar-refractivity contribution in [2.24, 2.45) is 0 Å². The van der Waals surface area contributed by atoms with E-state index in [1.807, 2.05) is 35.7 Å². The first-order valence-electron chi connectivity index (χ1n) is 18.4. The summed E-state index contributed by atoms with van der Waals surface area (Å²) in [5, 5.41) is 0. The van der Waals surface area contributed by atoms with Gasteiger partial charge < -0.3 is 8.85 Å². The topological polar surface area (TPSA) is 18.5 Å². The van der Waals surface area contributed by atoms with Gasteiger partial charge in [-0.2, -0.15) is 0 Å². The Bertz CT molecular complexity index is 1520. The highest BCUT2D eigenvalue weighted by Crippen LogP contribution is 2.42. The Labute approximate surface area is 305 Å². The van der Waals surface area contributed by atoms with E-state index in [1.54, 1.807) is 23.5 Å². The number of halogens is 1. The van der Waals surface area contributed by atoms with Gasteiger partial charge in [0.05, 0.1) is 6.10 Å². The third-order valence-corrected chi connectivity index (χ3v) is 18.6. The monoisotopic (exact) mass is 742 g/mol. The third kappa shape index (κ3) is 13.3. The maximum Gasteiger partial charge on any atom is 0.173 e. The summed E-state index contributed by atoms with van der Waals surface area (Å²) in [6, 6.07) is 20.1. The van der Waals surface area contributed by atoms with Gasteiger partial charge >= 0.3 is 0 Å². The lowest BCUT2D eigenvalue weighted by molar-refractivity contribution is 0.198. The third-order valence-electron chi connectivity index (χ3n) is 8.65. The van der Waals surface area contributed by atoms with Crippen molar-refractivity contribution in [3.8, 4) is 35.7 Å². The lowest BCUT2D eigenvalue weighted by Crippen LogP contribution is -2.42. The first-order chi connectivity index (χ1) is 22.9. The first-order valence-corrected chi connectivity index (χ1v) is 27.4. The van der Waals surface area contributed by atoms with Gasteiger partial charge in [-0.05, 0) is 132 Å². The van der Waals surface area contributed by atoms with Crippen molar-refractivity contribution in [3.05, 3.63) is 65.3 Å². The van der Waals surface area contributed by atoms with E-state index in [0.717, 1.165) is 23.3 Å². The average molecular weight is 743 g/mol. The largest absolute Gasteiger partial charge is 0.488 e. The number of unbranched alkanes of at least 4 members (excludes halogenated alkanes) is 9. The SMILES string of the molecule is CCCCC[C@@H](C)Oc1ccc(-c2ccc(-c3ccc(-c4ccc(CCCCCCCCCC[Si](C)(C)O[Si](C)(C)C)s4)s3)s2)cc1F.